The summed E-state index contributed by atoms with van der Waals surface area (Å²) in [6.07, 6.45) is 5.13. The van der Waals surface area contributed by atoms with E-state index in [1.807, 2.05) is 0 Å². The maximum atomic E-state index is 5.53. The largest absolute Gasteiger partial charge is 0.397 e. The van der Waals surface area contributed by atoms with E-state index in [1.54, 1.807) is 18.2 Å². The lowest BCUT2D eigenvalue weighted by molar-refractivity contribution is 1.62. The number of benzene rings is 1. The third kappa shape index (κ3) is 0.893. The Labute approximate surface area is 59.8 Å². The molecule has 50 valence electrons. The third-order valence-electron chi connectivity index (χ3n) is 1.30. The normalized spacial score (nSPS) is 8.70. The van der Waals surface area contributed by atoms with Crippen LogP contribution in [0.5, 0.6) is 0 Å². The van der Waals surface area contributed by atoms with E-state index in [-0.39, 0.29) is 0 Å². The summed E-state index contributed by atoms with van der Waals surface area (Å²) < 4.78 is 0. The second kappa shape index (κ2) is 2.32. The number of hydrogen-bond donors (Lipinski definition) is 2. The summed E-state index contributed by atoms with van der Waals surface area (Å²) in [7, 11) is 0. The lowest BCUT2D eigenvalue weighted by atomic mass is 10.1. The molecule has 0 aromatic heterocycles. The van der Waals surface area contributed by atoms with E-state index in [9.17, 15) is 0 Å². The molecular formula is C8H8N2. The Morgan fingerprint density at radius 3 is 2.50 bits per heavy atom. The molecule has 0 heterocycles. The first-order valence-electron chi connectivity index (χ1n) is 2.86. The van der Waals surface area contributed by atoms with Gasteiger partial charge in [-0.3, -0.25) is 0 Å². The Morgan fingerprint density at radius 1 is 1.30 bits per heavy atom. The fraction of sp³-hybridized carbons (Fsp3) is 0. The molecule has 0 aliphatic rings. The smallest absolute Gasteiger partial charge is 0.0706 e. The van der Waals surface area contributed by atoms with E-state index in [2.05, 4.69) is 5.92 Å². The molecule has 0 amide bonds. The molecule has 2 heteroatoms. The van der Waals surface area contributed by atoms with Gasteiger partial charge in [-0.2, -0.15) is 0 Å². The highest BCUT2D eigenvalue weighted by Crippen LogP contribution is 2.17. The van der Waals surface area contributed by atoms with Crippen LogP contribution in [0, 0.1) is 12.3 Å². The quantitative estimate of drug-likeness (QED) is 0.406. The van der Waals surface area contributed by atoms with E-state index in [0.29, 0.717) is 16.9 Å². The number of hydrogen-bond acceptors (Lipinski definition) is 2. The molecule has 10 heavy (non-hydrogen) atoms. The molecular weight excluding hydrogens is 124 g/mol. The predicted molar refractivity (Wildman–Crippen MR) is 43.2 cm³/mol. The third-order valence-corrected chi connectivity index (χ3v) is 1.30. The van der Waals surface area contributed by atoms with Crippen LogP contribution in [-0.4, -0.2) is 0 Å². The van der Waals surface area contributed by atoms with Crippen molar-refractivity contribution < 1.29 is 0 Å². The average Bonchev–Trinajstić information content (AvgIpc) is 1.95. The Hall–Kier alpha value is -1.62. The summed E-state index contributed by atoms with van der Waals surface area (Å²) in [5.41, 5.74) is 12.7. The highest BCUT2D eigenvalue weighted by Gasteiger charge is 1.96. The highest BCUT2D eigenvalue weighted by molar-refractivity contribution is 5.70. The Bertz CT molecular complexity index is 284. The molecule has 2 nitrogen and oxygen atoms in total. The highest BCUT2D eigenvalue weighted by atomic mass is 14.7. The maximum Gasteiger partial charge on any atom is 0.0706 e. The monoisotopic (exact) mass is 132 g/mol. The SMILES string of the molecule is C#Cc1cccc(N)c1N. The summed E-state index contributed by atoms with van der Waals surface area (Å²) in [5.74, 6) is 2.43. The minimum Gasteiger partial charge on any atom is -0.397 e. The molecule has 4 N–H and O–H groups in total. The summed E-state index contributed by atoms with van der Waals surface area (Å²) >= 11 is 0. The zero-order valence-corrected chi connectivity index (χ0v) is 5.46. The molecule has 1 aromatic carbocycles. The van der Waals surface area contributed by atoms with Gasteiger partial charge in [-0.1, -0.05) is 12.0 Å². The van der Waals surface area contributed by atoms with Gasteiger partial charge < -0.3 is 11.5 Å². The van der Waals surface area contributed by atoms with Gasteiger partial charge in [0, 0.05) is 5.56 Å². The van der Waals surface area contributed by atoms with Crippen molar-refractivity contribution in [2.45, 2.75) is 0 Å². The van der Waals surface area contributed by atoms with E-state index < -0.39 is 0 Å². The average molecular weight is 132 g/mol. The Morgan fingerprint density at radius 2 is 2.00 bits per heavy atom. The van der Waals surface area contributed by atoms with Crippen LogP contribution >= 0.6 is 0 Å². The van der Waals surface area contributed by atoms with Gasteiger partial charge in [-0.05, 0) is 12.1 Å². The van der Waals surface area contributed by atoms with Crippen molar-refractivity contribution in [3.8, 4) is 12.3 Å². The number of rotatable bonds is 0. The molecule has 0 fully saturated rings. The summed E-state index contributed by atoms with van der Waals surface area (Å²) in [5, 5.41) is 0. The minimum absolute atomic E-state index is 0.491. The first-order chi connectivity index (χ1) is 4.75. The number of anilines is 2. The fourth-order valence-electron chi connectivity index (χ4n) is 0.709. The van der Waals surface area contributed by atoms with Crippen molar-refractivity contribution in [2.75, 3.05) is 11.5 Å². The van der Waals surface area contributed by atoms with E-state index in [4.69, 9.17) is 17.9 Å². The second-order valence-electron chi connectivity index (χ2n) is 1.95. The number of terminal acetylenes is 1. The zero-order chi connectivity index (χ0) is 7.56. The van der Waals surface area contributed by atoms with Crippen molar-refractivity contribution in [3.05, 3.63) is 23.8 Å². The van der Waals surface area contributed by atoms with Crippen LogP contribution in [0.3, 0.4) is 0 Å². The van der Waals surface area contributed by atoms with Crippen molar-refractivity contribution in [1.29, 1.82) is 0 Å². The fourth-order valence-corrected chi connectivity index (χ4v) is 0.709. The standard InChI is InChI=1S/C8H8N2/c1-2-6-4-3-5-7(9)8(6)10/h1,3-5H,9-10H2. The molecule has 0 radical (unpaired) electrons. The molecule has 0 spiro atoms. The maximum absolute atomic E-state index is 5.53. The van der Waals surface area contributed by atoms with Gasteiger partial charge in [0.2, 0.25) is 0 Å². The zero-order valence-electron chi connectivity index (χ0n) is 5.46. The van der Waals surface area contributed by atoms with Crippen LogP contribution < -0.4 is 11.5 Å². The molecule has 0 bridgehead atoms. The van der Waals surface area contributed by atoms with Crippen molar-refractivity contribution in [1.82, 2.24) is 0 Å². The van der Waals surface area contributed by atoms with Gasteiger partial charge in [-0.15, -0.1) is 6.42 Å². The molecule has 0 aliphatic heterocycles. The van der Waals surface area contributed by atoms with Crippen molar-refractivity contribution in [2.24, 2.45) is 0 Å². The van der Waals surface area contributed by atoms with E-state index >= 15 is 0 Å². The van der Waals surface area contributed by atoms with Crippen LogP contribution in [0.25, 0.3) is 0 Å². The molecule has 0 aliphatic carbocycles. The van der Waals surface area contributed by atoms with Crippen LogP contribution in [0.4, 0.5) is 11.4 Å². The van der Waals surface area contributed by atoms with E-state index in [1.165, 1.54) is 0 Å². The van der Waals surface area contributed by atoms with E-state index in [0.717, 1.165) is 0 Å². The van der Waals surface area contributed by atoms with Crippen LogP contribution in [0.15, 0.2) is 18.2 Å². The second-order valence-corrected chi connectivity index (χ2v) is 1.95. The molecule has 0 atom stereocenters. The van der Waals surface area contributed by atoms with Gasteiger partial charge in [0.1, 0.15) is 0 Å². The van der Waals surface area contributed by atoms with Gasteiger partial charge in [0.25, 0.3) is 0 Å². The molecule has 1 rings (SSSR count). The van der Waals surface area contributed by atoms with Gasteiger partial charge in [0.05, 0.1) is 11.4 Å². The van der Waals surface area contributed by atoms with Gasteiger partial charge >= 0.3 is 0 Å². The summed E-state index contributed by atoms with van der Waals surface area (Å²) in [6.45, 7) is 0. The van der Waals surface area contributed by atoms with Gasteiger partial charge in [0.15, 0.2) is 0 Å². The molecule has 0 saturated heterocycles. The first-order valence-corrected chi connectivity index (χ1v) is 2.86. The Balaban J connectivity index is 3.31. The lowest BCUT2D eigenvalue weighted by Gasteiger charge is -2.00. The van der Waals surface area contributed by atoms with Crippen LogP contribution in [-0.2, 0) is 0 Å². The van der Waals surface area contributed by atoms with Crippen LogP contribution in [0.2, 0.25) is 0 Å². The van der Waals surface area contributed by atoms with Gasteiger partial charge in [-0.25, -0.2) is 0 Å². The van der Waals surface area contributed by atoms with Crippen LogP contribution in [0.1, 0.15) is 5.56 Å². The number of nitrogens with two attached hydrogens (primary N) is 2. The summed E-state index contributed by atoms with van der Waals surface area (Å²) in [4.78, 5) is 0. The lowest BCUT2D eigenvalue weighted by Crippen LogP contribution is -1.96. The molecule has 0 unspecified atom stereocenters. The topological polar surface area (TPSA) is 52.0 Å². The minimum atomic E-state index is 0.491. The number of para-hydroxylation sites is 1. The predicted octanol–water partition coefficient (Wildman–Crippen LogP) is 0.832. The molecule has 0 saturated carbocycles. The Kier molecular flexibility index (Phi) is 1.51. The van der Waals surface area contributed by atoms with Crippen molar-refractivity contribution >= 4 is 11.4 Å². The number of nitrogen functional groups attached to an aromatic ring is 2. The van der Waals surface area contributed by atoms with Crippen molar-refractivity contribution in [3.63, 3.8) is 0 Å². The molecule has 1 aromatic rings. The first kappa shape index (κ1) is 6.50. The summed E-state index contributed by atoms with van der Waals surface area (Å²) in [6, 6.07) is 5.25.